The number of rotatable bonds is 6. The van der Waals surface area contributed by atoms with Gasteiger partial charge in [0, 0.05) is 10.4 Å². The van der Waals surface area contributed by atoms with Crippen molar-refractivity contribution in [2.45, 2.75) is 58.7 Å². The Kier molecular flexibility index (Phi) is 5.73. The van der Waals surface area contributed by atoms with E-state index in [9.17, 15) is 9.59 Å². The quantitative estimate of drug-likeness (QED) is 0.239. The Balaban J connectivity index is 1.71. The average molecular weight is 440 g/mol. The summed E-state index contributed by atoms with van der Waals surface area (Å²) in [5, 5.41) is 1.56. The summed E-state index contributed by atoms with van der Waals surface area (Å²) in [7, 11) is 0. The van der Waals surface area contributed by atoms with E-state index in [1.54, 1.807) is 15.9 Å². The standard InChI is InChI=1S/C24H26N2O2S2/c1-13(2)11-26-23(28)21-17-7-6-8-19(17)30-22(21)25-24(26)29-12-18(27)20-15(4)9-14(3)10-16(20)5/h9-10H,1,6-8,11-12H2,2-5H3/p+1. The van der Waals surface area contributed by atoms with Gasteiger partial charge >= 0.3 is 10.7 Å². The molecule has 1 aliphatic rings. The number of thiophene rings is 1. The number of thioether (sulfide) groups is 1. The molecular weight excluding hydrogens is 412 g/mol. The number of ketones is 1. The number of carbonyl (C=O) groups is 1. The summed E-state index contributed by atoms with van der Waals surface area (Å²) < 4.78 is 1.75. The maximum atomic E-state index is 13.4. The summed E-state index contributed by atoms with van der Waals surface area (Å²) in [5.74, 6) is 0.375. The molecule has 1 N–H and O–H groups in total. The van der Waals surface area contributed by atoms with Gasteiger partial charge in [0.05, 0.1) is 5.75 Å². The Morgan fingerprint density at radius 3 is 2.60 bits per heavy atom. The number of nitrogens with zero attached hydrogens (tertiary/aromatic N) is 1. The first kappa shape index (κ1) is 21.1. The van der Waals surface area contributed by atoms with Crippen LogP contribution in [0.1, 0.15) is 50.8 Å². The summed E-state index contributed by atoms with van der Waals surface area (Å²) >= 11 is 3.10. The Labute approximate surface area is 185 Å². The zero-order valence-corrected chi connectivity index (χ0v) is 19.6. The van der Waals surface area contributed by atoms with Crippen molar-refractivity contribution in [3.8, 4) is 0 Å². The van der Waals surface area contributed by atoms with Gasteiger partial charge in [-0.2, -0.15) is 4.57 Å². The molecule has 0 unspecified atom stereocenters. The molecule has 0 saturated carbocycles. The zero-order valence-electron chi connectivity index (χ0n) is 18.0. The number of nitrogens with one attached hydrogen (secondary N) is 1. The maximum absolute atomic E-state index is 13.4. The van der Waals surface area contributed by atoms with E-state index in [0.717, 1.165) is 62.5 Å². The van der Waals surface area contributed by atoms with Crippen molar-refractivity contribution in [3.63, 3.8) is 0 Å². The molecule has 4 rings (SSSR count). The first-order valence-electron chi connectivity index (χ1n) is 10.2. The first-order valence-corrected chi connectivity index (χ1v) is 12.0. The number of carbonyl (C=O) groups excluding carboxylic acids is 1. The number of Topliss-reactive ketones (excluding diaryl/α,β-unsaturated/α-hetero) is 1. The van der Waals surface area contributed by atoms with Crippen LogP contribution in [0.5, 0.6) is 0 Å². The second kappa shape index (κ2) is 8.16. The van der Waals surface area contributed by atoms with E-state index in [0.29, 0.717) is 6.54 Å². The highest BCUT2D eigenvalue weighted by atomic mass is 32.2. The molecule has 0 atom stereocenters. The minimum atomic E-state index is 0.0313. The molecule has 1 aliphatic carbocycles. The minimum Gasteiger partial charge on any atom is -0.293 e. The normalized spacial score (nSPS) is 13.1. The summed E-state index contributed by atoms with van der Waals surface area (Å²) in [6.07, 6.45) is 3.15. The van der Waals surface area contributed by atoms with Gasteiger partial charge in [0.2, 0.25) is 0 Å². The molecule has 156 valence electrons. The number of aryl methyl sites for hydroxylation is 5. The van der Waals surface area contributed by atoms with Crippen molar-refractivity contribution < 1.29 is 9.78 Å². The molecule has 0 radical (unpaired) electrons. The highest BCUT2D eigenvalue weighted by Crippen LogP contribution is 2.34. The van der Waals surface area contributed by atoms with Gasteiger partial charge in [0.1, 0.15) is 11.9 Å². The highest BCUT2D eigenvalue weighted by Gasteiger charge is 2.28. The molecule has 4 nitrogen and oxygen atoms in total. The van der Waals surface area contributed by atoms with Gasteiger partial charge in [0.25, 0.3) is 0 Å². The van der Waals surface area contributed by atoms with E-state index >= 15 is 0 Å². The van der Waals surface area contributed by atoms with Crippen molar-refractivity contribution in [3.05, 3.63) is 67.3 Å². The molecule has 30 heavy (non-hydrogen) atoms. The summed E-state index contributed by atoms with van der Waals surface area (Å²) in [5.41, 5.74) is 6.12. The molecule has 2 heterocycles. The van der Waals surface area contributed by atoms with Crippen LogP contribution in [0.2, 0.25) is 0 Å². The molecule has 2 aromatic heterocycles. The van der Waals surface area contributed by atoms with Crippen LogP contribution < -0.4 is 10.5 Å². The van der Waals surface area contributed by atoms with Crippen LogP contribution in [0.15, 0.2) is 34.2 Å². The Morgan fingerprint density at radius 2 is 1.93 bits per heavy atom. The second-order valence-electron chi connectivity index (χ2n) is 8.33. The lowest BCUT2D eigenvalue weighted by Crippen LogP contribution is -2.30. The van der Waals surface area contributed by atoms with E-state index in [4.69, 9.17) is 0 Å². The Bertz CT molecular complexity index is 1230. The van der Waals surface area contributed by atoms with Gasteiger partial charge in [0.15, 0.2) is 10.6 Å². The third-order valence-electron chi connectivity index (χ3n) is 5.57. The highest BCUT2D eigenvalue weighted by molar-refractivity contribution is 7.99. The molecule has 1 aromatic carbocycles. The van der Waals surface area contributed by atoms with Crippen LogP contribution in [0.4, 0.5) is 0 Å². The van der Waals surface area contributed by atoms with Gasteiger partial charge in [-0.1, -0.05) is 35.6 Å². The molecule has 0 fully saturated rings. The fraction of sp³-hybridized carbons (Fsp3) is 0.375. The first-order chi connectivity index (χ1) is 14.3. The van der Waals surface area contributed by atoms with Crippen molar-refractivity contribution >= 4 is 39.1 Å². The monoisotopic (exact) mass is 439 g/mol. The average Bonchev–Trinajstić information content (AvgIpc) is 3.22. The number of fused-ring (bicyclic) bond motifs is 3. The third kappa shape index (κ3) is 3.79. The van der Waals surface area contributed by atoms with Crippen LogP contribution >= 0.6 is 23.1 Å². The molecular formula is C24H27N2O2S2+. The fourth-order valence-corrected chi connectivity index (χ4v) is 6.70. The summed E-state index contributed by atoms with van der Waals surface area (Å²) in [4.78, 5) is 32.1. The molecule has 0 amide bonds. The van der Waals surface area contributed by atoms with Crippen molar-refractivity contribution in [1.29, 1.82) is 0 Å². The predicted molar refractivity (Wildman–Crippen MR) is 125 cm³/mol. The predicted octanol–water partition coefficient (Wildman–Crippen LogP) is 4.84. The van der Waals surface area contributed by atoms with Crippen LogP contribution in [-0.4, -0.2) is 16.1 Å². The second-order valence-corrected chi connectivity index (χ2v) is 10.4. The number of hydrogen-bond donors (Lipinski definition) is 0. The number of allylic oxidation sites excluding steroid dienone is 1. The van der Waals surface area contributed by atoms with E-state index in [-0.39, 0.29) is 17.1 Å². The molecule has 0 spiro atoms. The largest absolute Gasteiger partial charge is 0.347 e. The molecule has 3 aromatic rings. The minimum absolute atomic E-state index is 0.0313. The van der Waals surface area contributed by atoms with Crippen molar-refractivity contribution in [2.24, 2.45) is 0 Å². The smallest absolute Gasteiger partial charge is 0.293 e. The van der Waals surface area contributed by atoms with Gasteiger partial charge in [-0.3, -0.25) is 4.79 Å². The third-order valence-corrected chi connectivity index (χ3v) is 7.78. The van der Waals surface area contributed by atoms with Crippen molar-refractivity contribution in [2.75, 3.05) is 5.75 Å². The van der Waals surface area contributed by atoms with E-state index in [2.05, 4.69) is 11.6 Å². The Morgan fingerprint density at radius 1 is 1.23 bits per heavy atom. The van der Waals surface area contributed by atoms with Gasteiger partial charge in [-0.15, -0.1) is 0 Å². The van der Waals surface area contributed by atoms with E-state index < -0.39 is 0 Å². The number of benzene rings is 1. The zero-order chi connectivity index (χ0) is 21.6. The van der Waals surface area contributed by atoms with Gasteiger partial charge in [-0.25, -0.2) is 9.78 Å². The SMILES string of the molecule is C=C(C)Cn1c(SCC(=O)c2c(C)cc(C)cc2C)[nH+]c2sc3c(c2c1=O)CCC3. The van der Waals surface area contributed by atoms with Gasteiger partial charge < -0.3 is 0 Å². The fourth-order valence-electron chi connectivity index (χ4n) is 4.46. The van der Waals surface area contributed by atoms with E-state index in [1.165, 1.54) is 22.2 Å². The summed E-state index contributed by atoms with van der Waals surface area (Å²) in [6.45, 7) is 12.4. The van der Waals surface area contributed by atoms with Crippen LogP contribution in [0.25, 0.3) is 10.2 Å². The summed E-state index contributed by atoms with van der Waals surface area (Å²) in [6, 6.07) is 4.10. The molecule has 0 bridgehead atoms. The van der Waals surface area contributed by atoms with Crippen LogP contribution in [0.3, 0.4) is 0 Å². The molecule has 0 aliphatic heterocycles. The lowest BCUT2D eigenvalue weighted by molar-refractivity contribution is -0.404. The molecule has 0 saturated heterocycles. The van der Waals surface area contributed by atoms with Gasteiger partial charge in [-0.05, 0) is 81.0 Å². The van der Waals surface area contributed by atoms with Crippen LogP contribution in [-0.2, 0) is 19.4 Å². The van der Waals surface area contributed by atoms with Crippen LogP contribution in [0, 0.1) is 20.8 Å². The van der Waals surface area contributed by atoms with E-state index in [1.807, 2.05) is 39.8 Å². The molecule has 6 heteroatoms. The van der Waals surface area contributed by atoms with Crippen molar-refractivity contribution in [1.82, 2.24) is 4.57 Å². The Hall–Kier alpha value is -2.18. The maximum Gasteiger partial charge on any atom is 0.347 e. The number of aromatic nitrogens is 2. The number of hydrogen-bond acceptors (Lipinski definition) is 4. The number of aromatic amines is 1. The number of H-pyrrole nitrogens is 1. The topological polar surface area (TPSA) is 53.2 Å². The lowest BCUT2D eigenvalue weighted by atomic mass is 9.97. The lowest BCUT2D eigenvalue weighted by Gasteiger charge is -2.10.